The van der Waals surface area contributed by atoms with Crippen LogP contribution < -0.4 is 5.73 Å². The topological polar surface area (TPSA) is 42.4 Å². The Kier molecular flexibility index (Phi) is 3.58. The maximum Gasteiger partial charge on any atom is 0.134 e. The predicted molar refractivity (Wildman–Crippen MR) is 77.9 cm³/mol. The van der Waals surface area contributed by atoms with Crippen LogP contribution in [0.2, 0.25) is 0 Å². The number of fused-ring (bicyclic) bond motifs is 1. The third kappa shape index (κ3) is 2.67. The molecule has 1 aromatic heterocycles. The van der Waals surface area contributed by atoms with Gasteiger partial charge in [-0.25, -0.2) is 0 Å². The molecule has 3 rings (SSSR count). The van der Waals surface area contributed by atoms with Crippen molar-refractivity contribution in [2.75, 3.05) is 13.1 Å². The molecule has 1 aromatic carbocycles. The average molecular weight is 258 g/mol. The molecule has 19 heavy (non-hydrogen) atoms. The van der Waals surface area contributed by atoms with Crippen LogP contribution in [0.5, 0.6) is 0 Å². The van der Waals surface area contributed by atoms with E-state index in [1.165, 1.54) is 5.39 Å². The molecule has 0 radical (unpaired) electrons. The number of para-hydroxylation sites is 1. The van der Waals surface area contributed by atoms with E-state index in [2.05, 4.69) is 30.0 Å². The van der Waals surface area contributed by atoms with Crippen LogP contribution in [0.15, 0.2) is 34.7 Å². The van der Waals surface area contributed by atoms with Crippen LogP contribution in [0.3, 0.4) is 0 Å². The number of benzene rings is 1. The number of rotatable bonds is 3. The summed E-state index contributed by atoms with van der Waals surface area (Å²) in [4.78, 5) is 2.47. The molecule has 0 spiro atoms. The van der Waals surface area contributed by atoms with Gasteiger partial charge in [0, 0.05) is 24.5 Å². The minimum absolute atomic E-state index is 0.372. The zero-order valence-corrected chi connectivity index (χ0v) is 11.5. The summed E-state index contributed by atoms with van der Waals surface area (Å²) in [6.45, 7) is 5.30. The number of hydrogen-bond acceptors (Lipinski definition) is 3. The lowest BCUT2D eigenvalue weighted by molar-refractivity contribution is 0.138. The molecule has 2 aromatic rings. The number of furan rings is 1. The molecule has 2 N–H and O–H groups in total. The normalized spacial score (nSPS) is 24.9. The van der Waals surface area contributed by atoms with Crippen molar-refractivity contribution in [3.05, 3.63) is 36.1 Å². The smallest absolute Gasteiger partial charge is 0.134 e. The van der Waals surface area contributed by atoms with Gasteiger partial charge in [0.1, 0.15) is 11.3 Å². The predicted octanol–water partition coefficient (Wildman–Crippen LogP) is 2.99. The standard InChI is InChI=1S/C16H22N2O/c1-2-12-10-18(8-7-15(12)17)11-14-9-13-5-3-4-6-16(13)19-14/h3-6,9,12,15H,2,7-8,10-11,17H2,1H3. The second-order valence-corrected chi connectivity index (χ2v) is 5.61. The van der Waals surface area contributed by atoms with Crippen LogP contribution in [0, 0.1) is 5.92 Å². The van der Waals surface area contributed by atoms with Gasteiger partial charge in [0.05, 0.1) is 6.54 Å². The minimum atomic E-state index is 0.372. The summed E-state index contributed by atoms with van der Waals surface area (Å²) in [6, 6.07) is 10.7. The molecule has 1 aliphatic rings. The Hall–Kier alpha value is -1.32. The summed E-state index contributed by atoms with van der Waals surface area (Å²) >= 11 is 0. The summed E-state index contributed by atoms with van der Waals surface area (Å²) in [5.41, 5.74) is 7.14. The van der Waals surface area contributed by atoms with Crippen molar-refractivity contribution in [1.82, 2.24) is 4.90 Å². The van der Waals surface area contributed by atoms with E-state index < -0.39 is 0 Å². The summed E-state index contributed by atoms with van der Waals surface area (Å²) < 4.78 is 5.89. The first-order valence-electron chi connectivity index (χ1n) is 7.21. The molecule has 1 fully saturated rings. The van der Waals surface area contributed by atoms with Gasteiger partial charge in [-0.3, -0.25) is 4.90 Å². The van der Waals surface area contributed by atoms with Crippen LogP contribution in [-0.2, 0) is 6.54 Å². The highest BCUT2D eigenvalue weighted by Crippen LogP contribution is 2.23. The number of hydrogen-bond donors (Lipinski definition) is 1. The van der Waals surface area contributed by atoms with Crippen molar-refractivity contribution >= 4 is 11.0 Å². The second-order valence-electron chi connectivity index (χ2n) is 5.61. The Morgan fingerprint density at radius 3 is 3.00 bits per heavy atom. The van der Waals surface area contributed by atoms with Crippen LogP contribution >= 0.6 is 0 Å². The minimum Gasteiger partial charge on any atom is -0.460 e. The zero-order valence-electron chi connectivity index (χ0n) is 11.5. The van der Waals surface area contributed by atoms with Crippen molar-refractivity contribution in [2.45, 2.75) is 32.4 Å². The second kappa shape index (κ2) is 5.35. The van der Waals surface area contributed by atoms with Crippen LogP contribution in [0.4, 0.5) is 0 Å². The van der Waals surface area contributed by atoms with E-state index in [-0.39, 0.29) is 0 Å². The lowest BCUT2D eigenvalue weighted by atomic mass is 9.91. The van der Waals surface area contributed by atoms with Gasteiger partial charge in [-0.15, -0.1) is 0 Å². The molecule has 1 aliphatic heterocycles. The zero-order chi connectivity index (χ0) is 13.2. The number of likely N-dealkylation sites (tertiary alicyclic amines) is 1. The SMILES string of the molecule is CCC1CN(Cc2cc3ccccc3o2)CCC1N. The van der Waals surface area contributed by atoms with E-state index in [0.717, 1.165) is 43.8 Å². The molecule has 0 amide bonds. The summed E-state index contributed by atoms with van der Waals surface area (Å²) in [5, 5.41) is 1.19. The molecule has 0 bridgehead atoms. The molecule has 3 nitrogen and oxygen atoms in total. The number of nitrogens with two attached hydrogens (primary N) is 1. The first-order chi connectivity index (χ1) is 9.26. The average Bonchev–Trinajstić information content (AvgIpc) is 2.83. The first kappa shape index (κ1) is 12.7. The monoisotopic (exact) mass is 258 g/mol. The highest BCUT2D eigenvalue weighted by atomic mass is 16.3. The molecule has 2 atom stereocenters. The molecule has 1 saturated heterocycles. The van der Waals surface area contributed by atoms with Crippen LogP contribution in [0.25, 0.3) is 11.0 Å². The van der Waals surface area contributed by atoms with Gasteiger partial charge >= 0.3 is 0 Å². The summed E-state index contributed by atoms with van der Waals surface area (Å²) in [6.07, 6.45) is 2.26. The fourth-order valence-corrected chi connectivity index (χ4v) is 3.04. The van der Waals surface area contributed by atoms with E-state index in [1.54, 1.807) is 0 Å². The van der Waals surface area contributed by atoms with Gasteiger partial charge in [0.25, 0.3) is 0 Å². The van der Waals surface area contributed by atoms with Gasteiger partial charge in [0.15, 0.2) is 0 Å². The van der Waals surface area contributed by atoms with Crippen LogP contribution in [0.1, 0.15) is 25.5 Å². The molecule has 0 aliphatic carbocycles. The molecule has 2 heterocycles. The number of nitrogens with zero attached hydrogens (tertiary/aromatic N) is 1. The molecular weight excluding hydrogens is 236 g/mol. The first-order valence-corrected chi connectivity index (χ1v) is 7.21. The van der Waals surface area contributed by atoms with Crippen LogP contribution in [-0.4, -0.2) is 24.0 Å². The van der Waals surface area contributed by atoms with Gasteiger partial charge in [0.2, 0.25) is 0 Å². The Morgan fingerprint density at radius 2 is 2.21 bits per heavy atom. The maximum atomic E-state index is 6.16. The van der Waals surface area contributed by atoms with Gasteiger partial charge in [-0.2, -0.15) is 0 Å². The largest absolute Gasteiger partial charge is 0.460 e. The summed E-state index contributed by atoms with van der Waals surface area (Å²) in [5.74, 6) is 1.68. The Morgan fingerprint density at radius 1 is 1.37 bits per heavy atom. The van der Waals surface area contributed by atoms with Gasteiger partial charge in [-0.1, -0.05) is 31.5 Å². The Bertz CT molecular complexity index is 515. The molecule has 3 heteroatoms. The van der Waals surface area contributed by atoms with Crippen molar-refractivity contribution in [3.63, 3.8) is 0 Å². The van der Waals surface area contributed by atoms with Crippen molar-refractivity contribution in [1.29, 1.82) is 0 Å². The molecule has 0 saturated carbocycles. The summed E-state index contributed by atoms with van der Waals surface area (Å²) in [7, 11) is 0. The highest BCUT2D eigenvalue weighted by molar-refractivity contribution is 5.77. The fraction of sp³-hybridized carbons (Fsp3) is 0.500. The fourth-order valence-electron chi connectivity index (χ4n) is 3.04. The molecule has 102 valence electrons. The lowest BCUT2D eigenvalue weighted by Crippen LogP contribution is -2.46. The van der Waals surface area contributed by atoms with E-state index in [0.29, 0.717) is 12.0 Å². The van der Waals surface area contributed by atoms with E-state index >= 15 is 0 Å². The van der Waals surface area contributed by atoms with Crippen molar-refractivity contribution < 1.29 is 4.42 Å². The third-order valence-electron chi connectivity index (χ3n) is 4.26. The maximum absolute atomic E-state index is 6.16. The highest BCUT2D eigenvalue weighted by Gasteiger charge is 2.25. The van der Waals surface area contributed by atoms with Gasteiger partial charge < -0.3 is 10.2 Å². The van der Waals surface area contributed by atoms with Crippen molar-refractivity contribution in [3.8, 4) is 0 Å². The quantitative estimate of drug-likeness (QED) is 0.920. The molecule has 2 unspecified atom stereocenters. The van der Waals surface area contributed by atoms with Gasteiger partial charge in [-0.05, 0) is 24.5 Å². The van der Waals surface area contributed by atoms with Crippen molar-refractivity contribution in [2.24, 2.45) is 11.7 Å². The van der Waals surface area contributed by atoms with E-state index in [1.807, 2.05) is 12.1 Å². The lowest BCUT2D eigenvalue weighted by Gasteiger charge is -2.36. The molecular formula is C16H22N2O. The van der Waals surface area contributed by atoms with E-state index in [9.17, 15) is 0 Å². The Balaban J connectivity index is 1.71. The van der Waals surface area contributed by atoms with E-state index in [4.69, 9.17) is 10.2 Å². The third-order valence-corrected chi connectivity index (χ3v) is 4.26. The Labute approximate surface area is 114 Å². The number of piperidine rings is 1.